The number of hydrogen-bond acceptors (Lipinski definition) is 5. The molecule has 1 aromatic rings. The first-order valence-corrected chi connectivity index (χ1v) is 5.18. The van der Waals surface area contributed by atoms with Gasteiger partial charge in [-0.25, -0.2) is 4.98 Å². The van der Waals surface area contributed by atoms with E-state index < -0.39 is 0 Å². The van der Waals surface area contributed by atoms with Gasteiger partial charge in [-0.2, -0.15) is 0 Å². The molecule has 14 heavy (non-hydrogen) atoms. The molecule has 1 heterocycles. The summed E-state index contributed by atoms with van der Waals surface area (Å²) in [5, 5.41) is 0.989. The highest BCUT2D eigenvalue weighted by atomic mass is 32.1. The van der Waals surface area contributed by atoms with E-state index in [0.29, 0.717) is 13.0 Å². The number of nitrogens with two attached hydrogens (primary N) is 1. The highest BCUT2D eigenvalue weighted by molar-refractivity contribution is 7.11. The molecule has 1 unspecified atom stereocenters. The zero-order valence-corrected chi connectivity index (χ0v) is 9.13. The van der Waals surface area contributed by atoms with Crippen molar-refractivity contribution in [1.29, 1.82) is 0 Å². The molecule has 0 saturated carbocycles. The molecule has 4 nitrogen and oxygen atoms in total. The fourth-order valence-corrected chi connectivity index (χ4v) is 2.05. The second-order valence-corrected chi connectivity index (χ2v) is 4.26. The van der Waals surface area contributed by atoms with Crippen LogP contribution in [0.1, 0.15) is 22.2 Å². The van der Waals surface area contributed by atoms with Gasteiger partial charge in [0, 0.05) is 23.5 Å². The molecule has 0 bridgehead atoms. The summed E-state index contributed by atoms with van der Waals surface area (Å²) in [5.74, 6) is -0.194. The monoisotopic (exact) mass is 214 g/mol. The summed E-state index contributed by atoms with van der Waals surface area (Å²) in [4.78, 5) is 16.2. The minimum Gasteiger partial charge on any atom is -0.469 e. The maximum atomic E-state index is 11.1. The molecular weight excluding hydrogens is 200 g/mol. The molecule has 0 amide bonds. The van der Waals surface area contributed by atoms with Crippen molar-refractivity contribution in [3.8, 4) is 0 Å². The Labute approximate surface area is 87.1 Å². The van der Waals surface area contributed by atoms with Crippen molar-refractivity contribution in [3.05, 3.63) is 16.1 Å². The molecule has 78 valence electrons. The number of methoxy groups -OCH3 is 1. The maximum Gasteiger partial charge on any atom is 0.306 e. The van der Waals surface area contributed by atoms with Gasteiger partial charge in [0.2, 0.25) is 0 Å². The van der Waals surface area contributed by atoms with Crippen molar-refractivity contribution in [2.45, 2.75) is 19.3 Å². The lowest BCUT2D eigenvalue weighted by molar-refractivity contribution is -0.141. The molecule has 0 aromatic carbocycles. The predicted octanol–water partition coefficient (Wildman–Crippen LogP) is 1.06. The van der Waals surface area contributed by atoms with Crippen LogP contribution in [0.15, 0.2) is 6.20 Å². The van der Waals surface area contributed by atoms with E-state index in [0.717, 1.165) is 9.88 Å². The number of aromatic nitrogens is 1. The number of rotatable bonds is 4. The number of carbonyl (C=O) groups excluding carboxylic acids is 1. The number of hydrogen-bond donors (Lipinski definition) is 1. The summed E-state index contributed by atoms with van der Waals surface area (Å²) in [6, 6.07) is 0. The van der Waals surface area contributed by atoms with Crippen LogP contribution in [0.3, 0.4) is 0 Å². The third kappa shape index (κ3) is 2.78. The quantitative estimate of drug-likeness (QED) is 0.761. The van der Waals surface area contributed by atoms with Crippen LogP contribution in [0.5, 0.6) is 0 Å². The number of esters is 1. The Morgan fingerprint density at radius 1 is 1.79 bits per heavy atom. The Bertz CT molecular complexity index is 312. The molecule has 5 heteroatoms. The van der Waals surface area contributed by atoms with Crippen molar-refractivity contribution in [2.24, 2.45) is 5.73 Å². The van der Waals surface area contributed by atoms with Crippen LogP contribution in [0.25, 0.3) is 0 Å². The van der Waals surface area contributed by atoms with E-state index in [9.17, 15) is 4.79 Å². The van der Waals surface area contributed by atoms with E-state index in [1.54, 1.807) is 17.5 Å². The average Bonchev–Trinajstić information content (AvgIpc) is 2.60. The van der Waals surface area contributed by atoms with Crippen LogP contribution in [0, 0.1) is 6.92 Å². The Hall–Kier alpha value is -0.940. The summed E-state index contributed by atoms with van der Waals surface area (Å²) < 4.78 is 4.60. The van der Waals surface area contributed by atoms with Gasteiger partial charge in [0.25, 0.3) is 0 Å². The number of aryl methyl sites for hydroxylation is 1. The van der Waals surface area contributed by atoms with Crippen LogP contribution in [-0.4, -0.2) is 24.6 Å². The second-order valence-electron chi connectivity index (χ2n) is 2.99. The molecule has 1 atom stereocenters. The smallest absolute Gasteiger partial charge is 0.306 e. The first-order chi connectivity index (χ1) is 6.67. The molecule has 0 saturated heterocycles. The Morgan fingerprint density at radius 3 is 2.93 bits per heavy atom. The van der Waals surface area contributed by atoms with E-state index in [-0.39, 0.29) is 11.9 Å². The zero-order chi connectivity index (χ0) is 10.6. The SMILES string of the molecule is COC(=O)CC(CN)c1cnc(C)s1. The summed E-state index contributed by atoms with van der Waals surface area (Å²) in [5.41, 5.74) is 5.59. The molecule has 2 N–H and O–H groups in total. The van der Waals surface area contributed by atoms with Crippen molar-refractivity contribution in [1.82, 2.24) is 4.98 Å². The second kappa shape index (κ2) is 5.07. The fraction of sp³-hybridized carbons (Fsp3) is 0.556. The Morgan fingerprint density at radius 2 is 2.50 bits per heavy atom. The number of carbonyl (C=O) groups is 1. The lowest BCUT2D eigenvalue weighted by atomic mass is 10.1. The minimum atomic E-state index is -0.230. The van der Waals surface area contributed by atoms with E-state index in [4.69, 9.17) is 5.73 Å². The van der Waals surface area contributed by atoms with Crippen LogP contribution in [-0.2, 0) is 9.53 Å². The first-order valence-electron chi connectivity index (χ1n) is 4.36. The number of nitrogens with zero attached hydrogens (tertiary/aromatic N) is 1. The van der Waals surface area contributed by atoms with Crippen LogP contribution >= 0.6 is 11.3 Å². The topological polar surface area (TPSA) is 65.2 Å². The van der Waals surface area contributed by atoms with Gasteiger partial charge >= 0.3 is 5.97 Å². The molecule has 1 aromatic heterocycles. The van der Waals surface area contributed by atoms with E-state index in [1.165, 1.54) is 7.11 Å². The average molecular weight is 214 g/mol. The minimum absolute atomic E-state index is 0.0358. The van der Waals surface area contributed by atoms with E-state index >= 15 is 0 Å². The number of ether oxygens (including phenoxy) is 1. The van der Waals surface area contributed by atoms with Gasteiger partial charge in [-0.15, -0.1) is 11.3 Å². The molecule has 1 rings (SSSR count). The zero-order valence-electron chi connectivity index (χ0n) is 8.32. The molecule has 0 aliphatic rings. The lowest BCUT2D eigenvalue weighted by Crippen LogP contribution is -2.16. The van der Waals surface area contributed by atoms with Crippen molar-refractivity contribution >= 4 is 17.3 Å². The van der Waals surface area contributed by atoms with E-state index in [1.807, 2.05) is 6.92 Å². The van der Waals surface area contributed by atoms with Gasteiger partial charge in [0.1, 0.15) is 0 Å². The molecule has 0 radical (unpaired) electrons. The Kier molecular flexibility index (Phi) is 4.03. The summed E-state index contributed by atoms with van der Waals surface area (Å²) in [6.45, 7) is 2.37. The van der Waals surface area contributed by atoms with E-state index in [2.05, 4.69) is 9.72 Å². The van der Waals surface area contributed by atoms with Gasteiger partial charge in [0.15, 0.2) is 0 Å². The molecule has 0 aliphatic heterocycles. The summed E-state index contributed by atoms with van der Waals surface area (Å²) >= 11 is 1.57. The molecule has 0 fully saturated rings. The van der Waals surface area contributed by atoms with Crippen LogP contribution < -0.4 is 5.73 Å². The highest BCUT2D eigenvalue weighted by Crippen LogP contribution is 2.24. The fourth-order valence-electron chi connectivity index (χ4n) is 1.15. The third-order valence-electron chi connectivity index (χ3n) is 1.97. The highest BCUT2D eigenvalue weighted by Gasteiger charge is 2.16. The van der Waals surface area contributed by atoms with Crippen molar-refractivity contribution < 1.29 is 9.53 Å². The van der Waals surface area contributed by atoms with Crippen LogP contribution in [0.2, 0.25) is 0 Å². The largest absolute Gasteiger partial charge is 0.469 e. The summed E-state index contributed by atoms with van der Waals surface area (Å²) in [7, 11) is 1.38. The lowest BCUT2D eigenvalue weighted by Gasteiger charge is -2.09. The normalized spacial score (nSPS) is 12.5. The standard InChI is InChI=1S/C9H14N2O2S/c1-6-11-5-8(14-6)7(4-10)3-9(12)13-2/h5,7H,3-4,10H2,1-2H3. The first kappa shape index (κ1) is 11.1. The molecule has 0 aliphatic carbocycles. The van der Waals surface area contributed by atoms with Gasteiger partial charge in [-0.05, 0) is 6.92 Å². The van der Waals surface area contributed by atoms with Gasteiger partial charge in [-0.1, -0.05) is 0 Å². The predicted molar refractivity (Wildman–Crippen MR) is 55.3 cm³/mol. The van der Waals surface area contributed by atoms with Crippen molar-refractivity contribution in [3.63, 3.8) is 0 Å². The van der Waals surface area contributed by atoms with Gasteiger partial charge in [-0.3, -0.25) is 4.79 Å². The Balaban J connectivity index is 2.67. The molecular formula is C9H14N2O2S. The van der Waals surface area contributed by atoms with Crippen LogP contribution in [0.4, 0.5) is 0 Å². The summed E-state index contributed by atoms with van der Waals surface area (Å²) in [6.07, 6.45) is 2.11. The number of thiazole rings is 1. The molecule has 0 spiro atoms. The maximum absolute atomic E-state index is 11.1. The van der Waals surface area contributed by atoms with Crippen molar-refractivity contribution in [2.75, 3.05) is 13.7 Å². The van der Waals surface area contributed by atoms with Gasteiger partial charge < -0.3 is 10.5 Å². The van der Waals surface area contributed by atoms with Gasteiger partial charge in [0.05, 0.1) is 18.5 Å². The third-order valence-corrected chi connectivity index (χ3v) is 3.04.